The summed E-state index contributed by atoms with van der Waals surface area (Å²) in [5.74, 6) is 0.266. The van der Waals surface area contributed by atoms with E-state index in [0.717, 1.165) is 4.47 Å². The lowest BCUT2D eigenvalue weighted by Crippen LogP contribution is -2.33. The monoisotopic (exact) mass is 333 g/mol. The summed E-state index contributed by atoms with van der Waals surface area (Å²) in [5.41, 5.74) is 0.0856. The molecule has 0 saturated heterocycles. The molecule has 0 amide bonds. The van der Waals surface area contributed by atoms with Crippen molar-refractivity contribution in [2.45, 2.75) is 32.6 Å². The average molecular weight is 334 g/mol. The summed E-state index contributed by atoms with van der Waals surface area (Å²) in [7, 11) is -3.40. The molecule has 1 rings (SSSR count). The molecule has 0 aliphatic carbocycles. The van der Waals surface area contributed by atoms with Gasteiger partial charge >= 0.3 is 0 Å². The Morgan fingerprint density at radius 1 is 1.22 bits per heavy atom. The fraction of sp³-hybridized carbons (Fsp3) is 0.538. The van der Waals surface area contributed by atoms with Gasteiger partial charge in [0.15, 0.2) is 0 Å². The van der Waals surface area contributed by atoms with Crippen LogP contribution in [0.1, 0.15) is 27.7 Å². The highest BCUT2D eigenvalue weighted by Gasteiger charge is 2.22. The Labute approximate surface area is 118 Å². The van der Waals surface area contributed by atoms with Gasteiger partial charge in [-0.2, -0.15) is 0 Å². The van der Waals surface area contributed by atoms with E-state index in [-0.39, 0.29) is 11.3 Å². The molecule has 0 heterocycles. The van der Waals surface area contributed by atoms with E-state index in [2.05, 4.69) is 41.4 Å². The lowest BCUT2D eigenvalue weighted by atomic mass is 9.82. The number of rotatable bonds is 4. The molecule has 0 spiro atoms. The molecule has 0 aliphatic heterocycles. The Morgan fingerprint density at radius 3 is 2.17 bits per heavy atom. The van der Waals surface area contributed by atoms with Gasteiger partial charge in [-0.25, -0.2) is 13.1 Å². The molecule has 0 aliphatic rings. The molecule has 0 aromatic heterocycles. The molecule has 1 aromatic rings. The van der Waals surface area contributed by atoms with Crippen molar-refractivity contribution < 1.29 is 8.42 Å². The second-order valence-electron chi connectivity index (χ2n) is 5.57. The topological polar surface area (TPSA) is 46.2 Å². The van der Waals surface area contributed by atoms with Gasteiger partial charge in [-0.3, -0.25) is 0 Å². The molecular weight excluding hydrogens is 314 g/mol. The van der Waals surface area contributed by atoms with Crippen molar-refractivity contribution in [1.82, 2.24) is 4.72 Å². The second-order valence-corrected chi connectivity index (χ2v) is 8.26. The molecule has 0 fully saturated rings. The van der Waals surface area contributed by atoms with Crippen LogP contribution in [0.4, 0.5) is 0 Å². The Balaban J connectivity index is 2.75. The van der Waals surface area contributed by atoms with Gasteiger partial charge in [0.25, 0.3) is 0 Å². The van der Waals surface area contributed by atoms with E-state index in [1.54, 1.807) is 24.3 Å². The first-order valence-corrected chi connectivity index (χ1v) is 8.16. The third kappa shape index (κ3) is 4.37. The van der Waals surface area contributed by atoms with E-state index in [0.29, 0.717) is 11.4 Å². The van der Waals surface area contributed by atoms with Gasteiger partial charge in [-0.1, -0.05) is 43.6 Å². The van der Waals surface area contributed by atoms with Crippen LogP contribution in [0.5, 0.6) is 0 Å². The molecule has 1 atom stereocenters. The minimum absolute atomic E-state index is 0.0856. The maximum Gasteiger partial charge on any atom is 0.240 e. The van der Waals surface area contributed by atoms with Crippen molar-refractivity contribution >= 4 is 26.0 Å². The maximum absolute atomic E-state index is 12.0. The molecule has 0 bridgehead atoms. The van der Waals surface area contributed by atoms with Crippen LogP contribution < -0.4 is 4.72 Å². The van der Waals surface area contributed by atoms with Crippen LogP contribution in [-0.4, -0.2) is 15.0 Å². The summed E-state index contributed by atoms with van der Waals surface area (Å²) < 4.78 is 27.6. The van der Waals surface area contributed by atoms with E-state index in [9.17, 15) is 8.42 Å². The van der Waals surface area contributed by atoms with Crippen molar-refractivity contribution in [2.24, 2.45) is 11.3 Å². The van der Waals surface area contributed by atoms with Crippen LogP contribution in [0, 0.1) is 11.3 Å². The number of sulfonamides is 1. The molecule has 102 valence electrons. The third-order valence-electron chi connectivity index (χ3n) is 3.18. The highest BCUT2D eigenvalue weighted by molar-refractivity contribution is 9.10. The van der Waals surface area contributed by atoms with E-state index in [1.807, 2.05) is 6.92 Å². The molecule has 1 N–H and O–H groups in total. The summed E-state index contributed by atoms with van der Waals surface area (Å²) in [5, 5.41) is 0. The van der Waals surface area contributed by atoms with Gasteiger partial charge < -0.3 is 0 Å². The van der Waals surface area contributed by atoms with Crippen LogP contribution in [-0.2, 0) is 10.0 Å². The van der Waals surface area contributed by atoms with Crippen molar-refractivity contribution in [2.75, 3.05) is 6.54 Å². The van der Waals surface area contributed by atoms with Crippen LogP contribution in [0.2, 0.25) is 0 Å². The molecular formula is C13H20BrNO2S. The molecule has 3 nitrogen and oxygen atoms in total. The zero-order valence-corrected chi connectivity index (χ0v) is 13.6. The summed E-state index contributed by atoms with van der Waals surface area (Å²) >= 11 is 3.29. The smallest absolute Gasteiger partial charge is 0.211 e. The first-order chi connectivity index (χ1) is 8.13. The minimum Gasteiger partial charge on any atom is -0.211 e. The van der Waals surface area contributed by atoms with E-state index >= 15 is 0 Å². The highest BCUT2D eigenvalue weighted by atomic mass is 79.9. The molecule has 18 heavy (non-hydrogen) atoms. The third-order valence-corrected chi connectivity index (χ3v) is 5.15. The van der Waals surface area contributed by atoms with Gasteiger partial charge in [0.05, 0.1) is 4.90 Å². The Bertz CT molecular complexity index is 489. The van der Waals surface area contributed by atoms with Gasteiger partial charge in [-0.05, 0) is 35.6 Å². The fourth-order valence-corrected chi connectivity index (χ4v) is 2.63. The molecule has 1 unspecified atom stereocenters. The van der Waals surface area contributed by atoms with E-state index < -0.39 is 10.0 Å². The highest BCUT2D eigenvalue weighted by Crippen LogP contribution is 2.25. The maximum atomic E-state index is 12.0. The number of halogens is 1. The molecule has 1 aromatic carbocycles. The standard InChI is InChI=1S/C13H20BrNO2S/c1-10(13(2,3)4)9-15-18(16,17)12-7-5-11(14)6-8-12/h5-8,10,15H,9H2,1-4H3. The van der Waals surface area contributed by atoms with Gasteiger partial charge in [0.2, 0.25) is 10.0 Å². The lowest BCUT2D eigenvalue weighted by molar-refractivity contribution is 0.263. The minimum atomic E-state index is -3.40. The summed E-state index contributed by atoms with van der Waals surface area (Å²) in [6.45, 7) is 8.80. The van der Waals surface area contributed by atoms with Gasteiger partial charge in [-0.15, -0.1) is 0 Å². The fourth-order valence-electron chi connectivity index (χ4n) is 1.24. The molecule has 5 heteroatoms. The normalized spacial score (nSPS) is 14.5. The van der Waals surface area contributed by atoms with Crippen LogP contribution in [0.15, 0.2) is 33.6 Å². The van der Waals surface area contributed by atoms with Crippen molar-refractivity contribution in [1.29, 1.82) is 0 Å². The summed E-state index contributed by atoms with van der Waals surface area (Å²) in [6.07, 6.45) is 0. The molecule has 0 radical (unpaired) electrons. The zero-order chi connectivity index (χ0) is 14.0. The summed E-state index contributed by atoms with van der Waals surface area (Å²) in [4.78, 5) is 0.298. The second kappa shape index (κ2) is 5.72. The first kappa shape index (κ1) is 15.7. The van der Waals surface area contributed by atoms with Crippen LogP contribution >= 0.6 is 15.9 Å². The zero-order valence-electron chi connectivity index (χ0n) is 11.2. The Kier molecular flexibility index (Phi) is 4.98. The Morgan fingerprint density at radius 2 is 1.72 bits per heavy atom. The van der Waals surface area contributed by atoms with Crippen LogP contribution in [0.3, 0.4) is 0 Å². The lowest BCUT2D eigenvalue weighted by Gasteiger charge is -2.27. The quantitative estimate of drug-likeness (QED) is 0.917. The van der Waals surface area contributed by atoms with E-state index in [4.69, 9.17) is 0 Å². The van der Waals surface area contributed by atoms with Gasteiger partial charge in [0.1, 0.15) is 0 Å². The predicted molar refractivity (Wildman–Crippen MR) is 77.9 cm³/mol. The predicted octanol–water partition coefficient (Wildman–Crippen LogP) is 3.41. The number of hydrogen-bond acceptors (Lipinski definition) is 2. The van der Waals surface area contributed by atoms with Gasteiger partial charge in [0, 0.05) is 11.0 Å². The first-order valence-electron chi connectivity index (χ1n) is 5.88. The Hall–Kier alpha value is -0.390. The van der Waals surface area contributed by atoms with Crippen LogP contribution in [0.25, 0.3) is 0 Å². The number of benzene rings is 1. The number of hydrogen-bond donors (Lipinski definition) is 1. The average Bonchev–Trinajstić information content (AvgIpc) is 2.25. The molecule has 0 saturated carbocycles. The largest absolute Gasteiger partial charge is 0.240 e. The number of nitrogens with one attached hydrogen (secondary N) is 1. The van der Waals surface area contributed by atoms with Crippen molar-refractivity contribution in [3.63, 3.8) is 0 Å². The summed E-state index contributed by atoms with van der Waals surface area (Å²) in [6, 6.07) is 6.63. The SMILES string of the molecule is CC(CNS(=O)(=O)c1ccc(Br)cc1)C(C)(C)C. The van der Waals surface area contributed by atoms with E-state index in [1.165, 1.54) is 0 Å². The van der Waals surface area contributed by atoms with Crippen molar-refractivity contribution in [3.8, 4) is 0 Å². The van der Waals surface area contributed by atoms with Crippen molar-refractivity contribution in [3.05, 3.63) is 28.7 Å².